The summed E-state index contributed by atoms with van der Waals surface area (Å²) in [6.07, 6.45) is 1.90. The highest BCUT2D eigenvalue weighted by atomic mass is 16.5. The summed E-state index contributed by atoms with van der Waals surface area (Å²) in [5.41, 5.74) is -0.451. The molecule has 0 spiro atoms. The molecular weight excluding hydrogens is 354 g/mol. The highest BCUT2D eigenvalue weighted by molar-refractivity contribution is 5.84. The van der Waals surface area contributed by atoms with Crippen LogP contribution in [0.15, 0.2) is 12.1 Å². The standard InChI is InChI=1S/C19H27NO7/c1-25-14-11-13(12-15(26-2)16(14)27-3)7-6-9-19(17(21)22)8-4-5-10-20(19)18(23)24/h11-12H,4-10H2,1-3H3,(H,21,22)(H,23,24). The van der Waals surface area contributed by atoms with E-state index < -0.39 is 17.6 Å². The Bertz CT molecular complexity index is 666. The summed E-state index contributed by atoms with van der Waals surface area (Å²) in [4.78, 5) is 24.6. The summed E-state index contributed by atoms with van der Waals surface area (Å²) in [6, 6.07) is 3.65. The van der Waals surface area contributed by atoms with Gasteiger partial charge >= 0.3 is 12.1 Å². The number of carboxylic acid groups (broad SMARTS) is 2. The van der Waals surface area contributed by atoms with Crippen LogP contribution in [0.5, 0.6) is 17.2 Å². The monoisotopic (exact) mass is 381 g/mol. The maximum absolute atomic E-state index is 12.0. The van der Waals surface area contributed by atoms with E-state index in [2.05, 4.69) is 0 Å². The number of hydrogen-bond acceptors (Lipinski definition) is 5. The van der Waals surface area contributed by atoms with Crippen molar-refractivity contribution in [3.05, 3.63) is 17.7 Å². The second-order valence-corrected chi connectivity index (χ2v) is 6.62. The minimum absolute atomic E-state index is 0.255. The zero-order valence-electron chi connectivity index (χ0n) is 16.0. The summed E-state index contributed by atoms with van der Waals surface area (Å²) in [6.45, 7) is 0.256. The summed E-state index contributed by atoms with van der Waals surface area (Å²) in [5, 5.41) is 19.2. The van der Waals surface area contributed by atoms with Gasteiger partial charge in [0.2, 0.25) is 5.75 Å². The average molecular weight is 381 g/mol. The highest BCUT2D eigenvalue weighted by Gasteiger charge is 2.47. The lowest BCUT2D eigenvalue weighted by Gasteiger charge is -2.42. The third kappa shape index (κ3) is 4.20. The lowest BCUT2D eigenvalue weighted by molar-refractivity contribution is -0.153. The van der Waals surface area contributed by atoms with Gasteiger partial charge in [-0.25, -0.2) is 9.59 Å². The van der Waals surface area contributed by atoms with Crippen LogP contribution in [0.4, 0.5) is 4.79 Å². The number of carbonyl (C=O) groups is 2. The van der Waals surface area contributed by atoms with Crippen LogP contribution in [0.25, 0.3) is 0 Å². The predicted molar refractivity (Wildman–Crippen MR) is 98.0 cm³/mol. The second-order valence-electron chi connectivity index (χ2n) is 6.62. The van der Waals surface area contributed by atoms with Crippen molar-refractivity contribution in [3.8, 4) is 17.2 Å². The van der Waals surface area contributed by atoms with Gasteiger partial charge in [-0.2, -0.15) is 0 Å². The smallest absolute Gasteiger partial charge is 0.408 e. The molecule has 2 N–H and O–H groups in total. The van der Waals surface area contributed by atoms with Crippen LogP contribution < -0.4 is 14.2 Å². The van der Waals surface area contributed by atoms with Crippen LogP contribution in [0.1, 0.15) is 37.7 Å². The van der Waals surface area contributed by atoms with Crippen molar-refractivity contribution in [2.45, 2.75) is 44.1 Å². The molecule has 1 heterocycles. The average Bonchev–Trinajstić information content (AvgIpc) is 2.66. The Morgan fingerprint density at radius 3 is 2.19 bits per heavy atom. The number of piperidine rings is 1. The van der Waals surface area contributed by atoms with Gasteiger partial charge in [0.1, 0.15) is 5.54 Å². The fourth-order valence-corrected chi connectivity index (χ4v) is 3.77. The van der Waals surface area contributed by atoms with Crippen LogP contribution in [0.3, 0.4) is 0 Å². The van der Waals surface area contributed by atoms with E-state index >= 15 is 0 Å². The molecule has 1 unspecified atom stereocenters. The van der Waals surface area contributed by atoms with Crippen LogP contribution in [-0.4, -0.2) is 60.6 Å². The van der Waals surface area contributed by atoms with E-state index in [-0.39, 0.29) is 13.0 Å². The van der Waals surface area contributed by atoms with E-state index in [1.807, 2.05) is 12.1 Å². The Kier molecular flexibility index (Phi) is 6.76. The zero-order chi connectivity index (χ0) is 20.0. The van der Waals surface area contributed by atoms with Gasteiger partial charge in [-0.3, -0.25) is 4.90 Å². The summed E-state index contributed by atoms with van der Waals surface area (Å²) < 4.78 is 16.0. The number of ether oxygens (including phenoxy) is 3. The molecule has 1 fully saturated rings. The van der Waals surface area contributed by atoms with Gasteiger partial charge in [0.15, 0.2) is 11.5 Å². The number of aryl methyl sites for hydroxylation is 1. The first-order valence-electron chi connectivity index (χ1n) is 8.92. The van der Waals surface area contributed by atoms with Crippen molar-refractivity contribution < 1.29 is 34.0 Å². The minimum atomic E-state index is -1.36. The molecule has 8 nitrogen and oxygen atoms in total. The maximum atomic E-state index is 12.0. The zero-order valence-corrected chi connectivity index (χ0v) is 16.0. The van der Waals surface area contributed by atoms with Crippen LogP contribution in [-0.2, 0) is 11.2 Å². The van der Waals surface area contributed by atoms with Crippen molar-refractivity contribution >= 4 is 12.1 Å². The molecule has 1 atom stereocenters. The van der Waals surface area contributed by atoms with Crippen molar-refractivity contribution in [1.82, 2.24) is 4.90 Å². The van der Waals surface area contributed by atoms with Crippen LogP contribution in [0, 0.1) is 0 Å². The van der Waals surface area contributed by atoms with Gasteiger partial charge in [-0.15, -0.1) is 0 Å². The molecule has 1 aromatic carbocycles. The highest BCUT2D eigenvalue weighted by Crippen LogP contribution is 2.39. The first-order chi connectivity index (χ1) is 12.9. The number of methoxy groups -OCH3 is 3. The fourth-order valence-electron chi connectivity index (χ4n) is 3.77. The maximum Gasteiger partial charge on any atom is 0.408 e. The SMILES string of the molecule is COc1cc(CCCC2(C(=O)O)CCCCN2C(=O)O)cc(OC)c1OC. The molecular formula is C19H27NO7. The molecule has 150 valence electrons. The summed E-state index contributed by atoms with van der Waals surface area (Å²) in [7, 11) is 4.60. The number of aliphatic carboxylic acids is 1. The molecule has 0 saturated carbocycles. The summed E-state index contributed by atoms with van der Waals surface area (Å²) in [5.74, 6) is 0.485. The van der Waals surface area contributed by atoms with Crippen LogP contribution in [0.2, 0.25) is 0 Å². The predicted octanol–water partition coefficient (Wildman–Crippen LogP) is 3.02. The Balaban J connectivity index is 2.18. The molecule has 1 aliphatic rings. The molecule has 0 radical (unpaired) electrons. The van der Waals surface area contributed by atoms with E-state index in [1.165, 1.54) is 21.3 Å². The molecule has 2 rings (SSSR count). The molecule has 1 aromatic rings. The second kappa shape index (κ2) is 8.83. The Morgan fingerprint density at radius 1 is 1.07 bits per heavy atom. The quantitative estimate of drug-likeness (QED) is 0.713. The van der Waals surface area contributed by atoms with Crippen molar-refractivity contribution in [1.29, 1.82) is 0 Å². The lowest BCUT2D eigenvalue weighted by Crippen LogP contribution is -2.59. The van der Waals surface area contributed by atoms with Crippen LogP contribution >= 0.6 is 0 Å². The van der Waals surface area contributed by atoms with E-state index in [0.29, 0.717) is 49.4 Å². The largest absolute Gasteiger partial charge is 0.493 e. The fraction of sp³-hybridized carbons (Fsp3) is 0.579. The van der Waals surface area contributed by atoms with Gasteiger partial charge in [0.05, 0.1) is 21.3 Å². The normalized spacial score (nSPS) is 19.4. The van der Waals surface area contributed by atoms with Crippen molar-refractivity contribution in [2.24, 2.45) is 0 Å². The Morgan fingerprint density at radius 2 is 1.70 bits per heavy atom. The first kappa shape index (κ1) is 20.7. The molecule has 27 heavy (non-hydrogen) atoms. The van der Waals surface area contributed by atoms with Gasteiger partial charge in [-0.1, -0.05) is 0 Å². The molecule has 1 aliphatic heterocycles. The lowest BCUT2D eigenvalue weighted by atomic mass is 9.82. The number of carboxylic acids is 1. The molecule has 0 bridgehead atoms. The number of benzene rings is 1. The van der Waals surface area contributed by atoms with Crippen molar-refractivity contribution in [2.75, 3.05) is 27.9 Å². The third-order valence-electron chi connectivity index (χ3n) is 5.15. The minimum Gasteiger partial charge on any atom is -0.493 e. The molecule has 0 aliphatic carbocycles. The number of rotatable bonds is 8. The van der Waals surface area contributed by atoms with Gasteiger partial charge in [0, 0.05) is 6.54 Å². The van der Waals surface area contributed by atoms with Crippen molar-refractivity contribution in [3.63, 3.8) is 0 Å². The Hall–Kier alpha value is -2.64. The van der Waals surface area contributed by atoms with E-state index in [4.69, 9.17) is 14.2 Å². The van der Waals surface area contributed by atoms with Gasteiger partial charge < -0.3 is 24.4 Å². The summed E-state index contributed by atoms with van der Waals surface area (Å²) >= 11 is 0. The Labute approximate surface area is 158 Å². The number of likely N-dealkylation sites (tertiary alicyclic amines) is 1. The number of nitrogens with zero attached hydrogens (tertiary/aromatic N) is 1. The first-order valence-corrected chi connectivity index (χ1v) is 8.92. The third-order valence-corrected chi connectivity index (χ3v) is 5.15. The van der Waals surface area contributed by atoms with E-state index in [9.17, 15) is 19.8 Å². The van der Waals surface area contributed by atoms with Gasteiger partial charge in [-0.05, 0) is 56.2 Å². The molecule has 1 amide bonds. The molecule has 8 heteroatoms. The van der Waals surface area contributed by atoms with E-state index in [1.54, 1.807) is 0 Å². The van der Waals surface area contributed by atoms with Gasteiger partial charge in [0.25, 0.3) is 0 Å². The molecule has 0 aromatic heterocycles. The topological polar surface area (TPSA) is 106 Å². The molecule has 1 saturated heterocycles. The van der Waals surface area contributed by atoms with E-state index in [0.717, 1.165) is 10.5 Å². The number of hydrogen-bond donors (Lipinski definition) is 2. The number of amides is 1.